The van der Waals surface area contributed by atoms with Gasteiger partial charge in [0, 0.05) is 12.0 Å². The largest absolute Gasteiger partial charge is 0.397 e. The minimum atomic E-state index is 0.0368. The van der Waals surface area contributed by atoms with Crippen molar-refractivity contribution in [2.75, 3.05) is 24.2 Å². The van der Waals surface area contributed by atoms with Crippen LogP contribution in [0.2, 0.25) is 0 Å². The van der Waals surface area contributed by atoms with Crippen LogP contribution in [0.5, 0.6) is 0 Å². The van der Waals surface area contributed by atoms with Crippen molar-refractivity contribution < 1.29 is 5.11 Å². The summed E-state index contributed by atoms with van der Waals surface area (Å²) in [6, 6.07) is 7.23. The zero-order valence-corrected chi connectivity index (χ0v) is 9.03. The van der Waals surface area contributed by atoms with Crippen LogP contribution >= 0.6 is 0 Å². The van der Waals surface area contributed by atoms with Gasteiger partial charge in [-0.25, -0.2) is 0 Å². The van der Waals surface area contributed by atoms with Gasteiger partial charge in [-0.3, -0.25) is 0 Å². The molecule has 4 nitrogen and oxygen atoms in total. The van der Waals surface area contributed by atoms with Crippen molar-refractivity contribution in [3.8, 4) is 6.07 Å². The molecule has 1 saturated carbocycles. The van der Waals surface area contributed by atoms with E-state index in [1.807, 2.05) is 0 Å². The smallest absolute Gasteiger partial charge is 0.0992 e. The van der Waals surface area contributed by atoms with Crippen molar-refractivity contribution in [3.63, 3.8) is 0 Å². The standard InChI is InChI=1S/C12H15N3O/c13-6-9-1-2-10(14)11(5-9)15-7-12(8-16)3-4-12/h1-2,5,15-16H,3-4,7-8,14H2. The summed E-state index contributed by atoms with van der Waals surface area (Å²) in [5.41, 5.74) is 7.84. The molecule has 4 N–H and O–H groups in total. The number of nitrogen functional groups attached to an aromatic ring is 1. The quantitative estimate of drug-likeness (QED) is 0.664. The minimum Gasteiger partial charge on any atom is -0.397 e. The van der Waals surface area contributed by atoms with E-state index in [1.165, 1.54) is 0 Å². The maximum atomic E-state index is 9.18. The number of hydrogen-bond acceptors (Lipinski definition) is 4. The number of benzene rings is 1. The van der Waals surface area contributed by atoms with Crippen LogP contribution in [0.25, 0.3) is 0 Å². The average molecular weight is 217 g/mol. The third-order valence-corrected chi connectivity index (χ3v) is 3.13. The molecular formula is C12H15N3O. The molecule has 0 saturated heterocycles. The summed E-state index contributed by atoms with van der Waals surface area (Å²) in [6.45, 7) is 0.917. The van der Waals surface area contributed by atoms with Crippen molar-refractivity contribution in [2.45, 2.75) is 12.8 Å². The van der Waals surface area contributed by atoms with Gasteiger partial charge in [0.05, 0.1) is 29.6 Å². The molecular weight excluding hydrogens is 202 g/mol. The minimum absolute atomic E-state index is 0.0368. The molecule has 84 valence electrons. The molecule has 1 aromatic carbocycles. The molecule has 0 unspecified atom stereocenters. The summed E-state index contributed by atoms with van der Waals surface area (Å²) in [4.78, 5) is 0. The molecule has 0 amide bonds. The second-order valence-electron chi connectivity index (χ2n) is 4.43. The van der Waals surface area contributed by atoms with Crippen LogP contribution in [0.4, 0.5) is 11.4 Å². The summed E-state index contributed by atoms with van der Waals surface area (Å²) < 4.78 is 0. The van der Waals surface area contributed by atoms with Gasteiger partial charge in [0.2, 0.25) is 0 Å². The maximum absolute atomic E-state index is 9.18. The Bertz CT molecular complexity index is 432. The Hall–Kier alpha value is -1.73. The highest BCUT2D eigenvalue weighted by atomic mass is 16.3. The molecule has 0 radical (unpaired) electrons. The van der Waals surface area contributed by atoms with Gasteiger partial charge in [0.25, 0.3) is 0 Å². The van der Waals surface area contributed by atoms with E-state index in [-0.39, 0.29) is 12.0 Å². The maximum Gasteiger partial charge on any atom is 0.0992 e. The van der Waals surface area contributed by atoms with Crippen LogP contribution in [0.1, 0.15) is 18.4 Å². The number of anilines is 2. The summed E-state index contributed by atoms with van der Waals surface area (Å²) in [6.07, 6.45) is 2.10. The van der Waals surface area contributed by atoms with Crippen LogP contribution < -0.4 is 11.1 Å². The predicted molar refractivity (Wildman–Crippen MR) is 62.8 cm³/mol. The fraction of sp³-hybridized carbons (Fsp3) is 0.417. The van der Waals surface area contributed by atoms with E-state index in [2.05, 4.69) is 11.4 Å². The van der Waals surface area contributed by atoms with Gasteiger partial charge in [0.1, 0.15) is 0 Å². The molecule has 1 aromatic rings. The molecule has 4 heteroatoms. The molecule has 16 heavy (non-hydrogen) atoms. The monoisotopic (exact) mass is 217 g/mol. The first-order valence-electron chi connectivity index (χ1n) is 5.33. The molecule has 0 bridgehead atoms. The van der Waals surface area contributed by atoms with E-state index >= 15 is 0 Å². The second-order valence-corrected chi connectivity index (χ2v) is 4.43. The highest BCUT2D eigenvalue weighted by molar-refractivity contribution is 5.68. The fourth-order valence-electron chi connectivity index (χ4n) is 1.63. The Morgan fingerprint density at radius 1 is 1.50 bits per heavy atom. The predicted octanol–water partition coefficient (Wildman–Crippen LogP) is 1.32. The van der Waals surface area contributed by atoms with Crippen molar-refractivity contribution in [3.05, 3.63) is 23.8 Å². The summed E-state index contributed by atoms with van der Waals surface area (Å²) >= 11 is 0. The lowest BCUT2D eigenvalue weighted by Crippen LogP contribution is -2.19. The number of nitrogens with one attached hydrogen (secondary N) is 1. The topological polar surface area (TPSA) is 82.1 Å². The SMILES string of the molecule is N#Cc1ccc(N)c(NCC2(CO)CC2)c1. The highest BCUT2D eigenvalue weighted by Crippen LogP contribution is 2.45. The van der Waals surface area contributed by atoms with E-state index in [4.69, 9.17) is 11.0 Å². The Labute approximate surface area is 94.7 Å². The molecule has 2 rings (SSSR count). The Morgan fingerprint density at radius 3 is 2.81 bits per heavy atom. The Kier molecular flexibility index (Phi) is 2.71. The van der Waals surface area contributed by atoms with Gasteiger partial charge in [-0.1, -0.05) is 0 Å². The summed E-state index contributed by atoms with van der Waals surface area (Å²) in [7, 11) is 0. The highest BCUT2D eigenvalue weighted by Gasteiger charge is 2.41. The van der Waals surface area contributed by atoms with Crippen molar-refractivity contribution in [1.29, 1.82) is 5.26 Å². The molecule has 0 heterocycles. The van der Waals surface area contributed by atoms with E-state index in [9.17, 15) is 5.11 Å². The molecule has 1 aliphatic rings. The summed E-state index contributed by atoms with van der Waals surface area (Å²) in [5.74, 6) is 0. The van der Waals surface area contributed by atoms with Gasteiger partial charge < -0.3 is 16.2 Å². The van der Waals surface area contributed by atoms with Crippen molar-refractivity contribution in [2.24, 2.45) is 5.41 Å². The first-order chi connectivity index (χ1) is 7.69. The number of rotatable bonds is 4. The van der Waals surface area contributed by atoms with Gasteiger partial charge in [-0.15, -0.1) is 0 Å². The first-order valence-corrected chi connectivity index (χ1v) is 5.33. The van der Waals surface area contributed by atoms with E-state index in [0.29, 0.717) is 17.8 Å². The third kappa shape index (κ3) is 2.10. The lowest BCUT2D eigenvalue weighted by Gasteiger charge is -2.15. The van der Waals surface area contributed by atoms with Crippen LogP contribution in [0, 0.1) is 16.7 Å². The van der Waals surface area contributed by atoms with Gasteiger partial charge in [-0.05, 0) is 31.0 Å². The lowest BCUT2D eigenvalue weighted by molar-refractivity contribution is 0.220. The molecule has 0 spiro atoms. The van der Waals surface area contributed by atoms with E-state index in [1.54, 1.807) is 18.2 Å². The molecule has 0 aromatic heterocycles. The van der Waals surface area contributed by atoms with Gasteiger partial charge in [-0.2, -0.15) is 5.26 Å². The Morgan fingerprint density at radius 2 is 2.25 bits per heavy atom. The van der Waals surface area contributed by atoms with Crippen molar-refractivity contribution >= 4 is 11.4 Å². The van der Waals surface area contributed by atoms with Crippen LogP contribution in [0.15, 0.2) is 18.2 Å². The van der Waals surface area contributed by atoms with Gasteiger partial charge in [0.15, 0.2) is 0 Å². The summed E-state index contributed by atoms with van der Waals surface area (Å²) in [5, 5.41) is 21.2. The van der Waals surface area contributed by atoms with Crippen LogP contribution in [-0.4, -0.2) is 18.3 Å². The van der Waals surface area contributed by atoms with Crippen LogP contribution in [-0.2, 0) is 0 Å². The number of aliphatic hydroxyl groups is 1. The normalized spacial score (nSPS) is 16.5. The van der Waals surface area contributed by atoms with E-state index < -0.39 is 0 Å². The second kappa shape index (κ2) is 4.03. The third-order valence-electron chi connectivity index (χ3n) is 3.13. The number of aliphatic hydroxyl groups excluding tert-OH is 1. The molecule has 0 aliphatic heterocycles. The van der Waals surface area contributed by atoms with Crippen molar-refractivity contribution in [1.82, 2.24) is 0 Å². The van der Waals surface area contributed by atoms with Crippen LogP contribution in [0.3, 0.4) is 0 Å². The molecule has 0 atom stereocenters. The molecule has 1 aliphatic carbocycles. The number of hydrogen-bond donors (Lipinski definition) is 3. The zero-order valence-electron chi connectivity index (χ0n) is 9.03. The first kappa shape index (κ1) is 10.8. The number of nitrogens with zero attached hydrogens (tertiary/aromatic N) is 1. The number of nitrogens with two attached hydrogens (primary N) is 1. The zero-order chi connectivity index (χ0) is 11.6. The average Bonchev–Trinajstić information content (AvgIpc) is 3.09. The lowest BCUT2D eigenvalue weighted by atomic mass is 10.1. The van der Waals surface area contributed by atoms with E-state index in [0.717, 1.165) is 18.5 Å². The number of nitriles is 1. The fourth-order valence-corrected chi connectivity index (χ4v) is 1.63. The Balaban J connectivity index is 2.06. The molecule has 1 fully saturated rings. The van der Waals surface area contributed by atoms with Gasteiger partial charge >= 0.3 is 0 Å².